The van der Waals surface area contributed by atoms with Crippen LogP contribution in [-0.2, 0) is 4.79 Å². The Morgan fingerprint density at radius 2 is 1.20 bits per heavy atom. The lowest BCUT2D eigenvalue weighted by atomic mass is 9.95. The van der Waals surface area contributed by atoms with E-state index in [-0.39, 0.29) is 0 Å². The summed E-state index contributed by atoms with van der Waals surface area (Å²) in [4.78, 5) is 11.7. The normalized spacial score (nSPS) is 11.2. The SMILES string of the molecule is CCCCCCCC(=O)CCCCCCC(CC)CC. The molecule has 0 N–H and O–H groups in total. The monoisotopic (exact) mass is 282 g/mol. The van der Waals surface area contributed by atoms with E-state index in [0.717, 1.165) is 31.6 Å². The topological polar surface area (TPSA) is 17.1 Å². The van der Waals surface area contributed by atoms with Gasteiger partial charge in [0.1, 0.15) is 5.78 Å². The van der Waals surface area contributed by atoms with Gasteiger partial charge >= 0.3 is 0 Å². The molecule has 0 rings (SSSR count). The van der Waals surface area contributed by atoms with E-state index >= 15 is 0 Å². The van der Waals surface area contributed by atoms with Gasteiger partial charge in [-0.2, -0.15) is 0 Å². The number of carbonyl (C=O) groups excluding carboxylic acids is 1. The number of hydrogen-bond donors (Lipinski definition) is 0. The third-order valence-electron chi connectivity index (χ3n) is 4.53. The summed E-state index contributed by atoms with van der Waals surface area (Å²) in [6, 6.07) is 0. The molecule has 120 valence electrons. The van der Waals surface area contributed by atoms with Gasteiger partial charge in [0.05, 0.1) is 0 Å². The zero-order valence-corrected chi connectivity index (χ0v) is 14.4. The molecule has 0 aliphatic heterocycles. The van der Waals surface area contributed by atoms with Gasteiger partial charge in [-0.3, -0.25) is 4.79 Å². The Balaban J connectivity index is 3.27. The Hall–Kier alpha value is -0.330. The maximum atomic E-state index is 11.7. The Bertz CT molecular complexity index is 206. The Labute approximate surface area is 127 Å². The minimum Gasteiger partial charge on any atom is -0.300 e. The van der Waals surface area contributed by atoms with Gasteiger partial charge in [0.25, 0.3) is 0 Å². The van der Waals surface area contributed by atoms with Gasteiger partial charge < -0.3 is 0 Å². The minimum absolute atomic E-state index is 0.501. The zero-order chi connectivity index (χ0) is 15.1. The van der Waals surface area contributed by atoms with Crippen LogP contribution in [0.4, 0.5) is 0 Å². The van der Waals surface area contributed by atoms with E-state index in [1.54, 1.807) is 0 Å². The molecule has 0 bridgehead atoms. The van der Waals surface area contributed by atoms with E-state index in [1.807, 2.05) is 0 Å². The summed E-state index contributed by atoms with van der Waals surface area (Å²) in [5.41, 5.74) is 0. The van der Waals surface area contributed by atoms with Crippen molar-refractivity contribution in [1.29, 1.82) is 0 Å². The second-order valence-corrected chi connectivity index (χ2v) is 6.34. The summed E-state index contributed by atoms with van der Waals surface area (Å²) < 4.78 is 0. The highest BCUT2D eigenvalue weighted by atomic mass is 16.1. The van der Waals surface area contributed by atoms with Crippen molar-refractivity contribution in [2.75, 3.05) is 0 Å². The Morgan fingerprint density at radius 3 is 1.70 bits per heavy atom. The molecular weight excluding hydrogens is 244 g/mol. The number of unbranched alkanes of at least 4 members (excludes halogenated alkanes) is 7. The van der Waals surface area contributed by atoms with Crippen LogP contribution in [0.5, 0.6) is 0 Å². The van der Waals surface area contributed by atoms with Crippen molar-refractivity contribution >= 4 is 5.78 Å². The first-order valence-corrected chi connectivity index (χ1v) is 9.26. The molecule has 0 aliphatic carbocycles. The standard InChI is InChI=1S/C19H38O/c1-4-7-8-9-13-16-19(20)17-14-11-10-12-15-18(5-2)6-3/h18H,4-17H2,1-3H3. The molecule has 20 heavy (non-hydrogen) atoms. The first-order chi connectivity index (χ1) is 9.74. The van der Waals surface area contributed by atoms with Crippen molar-refractivity contribution < 1.29 is 4.79 Å². The highest BCUT2D eigenvalue weighted by molar-refractivity contribution is 5.78. The molecule has 0 saturated carbocycles. The molecule has 0 atom stereocenters. The fourth-order valence-corrected chi connectivity index (χ4v) is 2.86. The van der Waals surface area contributed by atoms with Gasteiger partial charge in [-0.05, 0) is 18.8 Å². The summed E-state index contributed by atoms with van der Waals surface area (Å²) >= 11 is 0. The molecule has 0 aromatic rings. The van der Waals surface area contributed by atoms with E-state index in [1.165, 1.54) is 64.2 Å². The van der Waals surface area contributed by atoms with Crippen LogP contribution in [0.1, 0.15) is 111 Å². The molecule has 0 spiro atoms. The van der Waals surface area contributed by atoms with Crippen LogP contribution in [0.3, 0.4) is 0 Å². The third kappa shape index (κ3) is 12.7. The number of rotatable bonds is 15. The van der Waals surface area contributed by atoms with Crippen LogP contribution in [-0.4, -0.2) is 5.78 Å². The Kier molecular flexibility index (Phi) is 14.8. The van der Waals surface area contributed by atoms with E-state index in [9.17, 15) is 4.79 Å². The number of Topliss-reactive ketones (excluding diaryl/α,β-unsaturated/α-hetero) is 1. The predicted octanol–water partition coefficient (Wildman–Crippen LogP) is 6.69. The van der Waals surface area contributed by atoms with Gasteiger partial charge in [-0.1, -0.05) is 85.0 Å². The van der Waals surface area contributed by atoms with Gasteiger partial charge in [0, 0.05) is 12.8 Å². The fourth-order valence-electron chi connectivity index (χ4n) is 2.86. The molecule has 0 unspecified atom stereocenters. The molecular formula is C19H38O. The first kappa shape index (κ1) is 19.7. The van der Waals surface area contributed by atoms with Gasteiger partial charge in [-0.15, -0.1) is 0 Å². The molecule has 0 radical (unpaired) electrons. The van der Waals surface area contributed by atoms with Crippen LogP contribution in [0.2, 0.25) is 0 Å². The maximum absolute atomic E-state index is 11.7. The van der Waals surface area contributed by atoms with Crippen LogP contribution in [0.25, 0.3) is 0 Å². The first-order valence-electron chi connectivity index (χ1n) is 9.26. The van der Waals surface area contributed by atoms with Crippen molar-refractivity contribution in [3.8, 4) is 0 Å². The molecule has 1 nitrogen and oxygen atoms in total. The molecule has 0 aromatic heterocycles. The summed E-state index contributed by atoms with van der Waals surface area (Å²) in [5, 5.41) is 0. The zero-order valence-electron chi connectivity index (χ0n) is 14.4. The van der Waals surface area contributed by atoms with E-state index in [2.05, 4.69) is 20.8 Å². The molecule has 0 aromatic carbocycles. The number of hydrogen-bond acceptors (Lipinski definition) is 1. The summed E-state index contributed by atoms with van der Waals surface area (Å²) in [7, 11) is 0. The molecule has 0 amide bonds. The third-order valence-corrected chi connectivity index (χ3v) is 4.53. The average molecular weight is 283 g/mol. The summed E-state index contributed by atoms with van der Waals surface area (Å²) in [5.74, 6) is 1.43. The molecule has 0 heterocycles. The molecule has 0 saturated heterocycles. The number of carbonyl (C=O) groups is 1. The van der Waals surface area contributed by atoms with Crippen molar-refractivity contribution in [3.05, 3.63) is 0 Å². The van der Waals surface area contributed by atoms with E-state index < -0.39 is 0 Å². The quantitative estimate of drug-likeness (QED) is 0.306. The van der Waals surface area contributed by atoms with Crippen LogP contribution < -0.4 is 0 Å². The van der Waals surface area contributed by atoms with Crippen molar-refractivity contribution in [2.45, 2.75) is 111 Å². The van der Waals surface area contributed by atoms with Gasteiger partial charge in [0.15, 0.2) is 0 Å². The largest absolute Gasteiger partial charge is 0.300 e. The highest BCUT2D eigenvalue weighted by Gasteiger charge is 2.04. The lowest BCUT2D eigenvalue weighted by molar-refractivity contribution is -0.119. The lowest BCUT2D eigenvalue weighted by Crippen LogP contribution is -1.98. The van der Waals surface area contributed by atoms with Gasteiger partial charge in [0.2, 0.25) is 0 Å². The fraction of sp³-hybridized carbons (Fsp3) is 0.947. The van der Waals surface area contributed by atoms with Crippen LogP contribution >= 0.6 is 0 Å². The highest BCUT2D eigenvalue weighted by Crippen LogP contribution is 2.17. The molecule has 0 fully saturated rings. The summed E-state index contributed by atoms with van der Waals surface area (Å²) in [6.45, 7) is 6.83. The van der Waals surface area contributed by atoms with Gasteiger partial charge in [-0.25, -0.2) is 0 Å². The van der Waals surface area contributed by atoms with E-state index in [0.29, 0.717) is 5.78 Å². The van der Waals surface area contributed by atoms with Crippen molar-refractivity contribution in [3.63, 3.8) is 0 Å². The van der Waals surface area contributed by atoms with Crippen LogP contribution in [0, 0.1) is 5.92 Å². The second kappa shape index (κ2) is 15.1. The lowest BCUT2D eigenvalue weighted by Gasteiger charge is -2.11. The molecule has 0 aliphatic rings. The summed E-state index contributed by atoms with van der Waals surface area (Å²) in [6.07, 6.45) is 17.0. The van der Waals surface area contributed by atoms with Crippen LogP contribution in [0.15, 0.2) is 0 Å². The smallest absolute Gasteiger partial charge is 0.132 e. The minimum atomic E-state index is 0.501. The maximum Gasteiger partial charge on any atom is 0.132 e. The molecule has 1 heteroatoms. The number of ketones is 1. The van der Waals surface area contributed by atoms with Crippen molar-refractivity contribution in [1.82, 2.24) is 0 Å². The van der Waals surface area contributed by atoms with E-state index in [4.69, 9.17) is 0 Å². The second-order valence-electron chi connectivity index (χ2n) is 6.34. The Morgan fingerprint density at radius 1 is 0.700 bits per heavy atom. The average Bonchev–Trinajstić information content (AvgIpc) is 2.46. The predicted molar refractivity (Wildman–Crippen MR) is 90.2 cm³/mol. The van der Waals surface area contributed by atoms with Crippen molar-refractivity contribution in [2.24, 2.45) is 5.92 Å².